The summed E-state index contributed by atoms with van der Waals surface area (Å²) in [7, 11) is 0. The van der Waals surface area contributed by atoms with Crippen LogP contribution in [0.1, 0.15) is 20.8 Å². The molecule has 1 aliphatic carbocycles. The first-order valence-corrected chi connectivity index (χ1v) is 10.2. The second kappa shape index (κ2) is 9.62. The van der Waals surface area contributed by atoms with Gasteiger partial charge >= 0.3 is 18.2 Å². The van der Waals surface area contributed by atoms with Crippen molar-refractivity contribution in [1.82, 2.24) is 5.32 Å². The largest absolute Gasteiger partial charge is 0.477 e. The summed E-state index contributed by atoms with van der Waals surface area (Å²) in [5.41, 5.74) is -0.769. The molecule has 0 fully saturated rings. The molecular weight excluding hydrogens is 459 g/mol. The number of Topliss-reactive ketones (excluding diaryl/α,β-unsaturated/α-hetero) is 1. The third-order valence-electron chi connectivity index (χ3n) is 4.37. The van der Waals surface area contributed by atoms with Crippen LogP contribution >= 0.6 is 0 Å². The summed E-state index contributed by atoms with van der Waals surface area (Å²) in [6.45, 7) is 4.38. The van der Waals surface area contributed by atoms with Gasteiger partial charge in [-0.2, -0.15) is 13.2 Å². The SMILES string of the molecule is CC(C)(C)OC(=O)NCC(=O)OC1=C[C@H]2OC(C(F)(F)F)=C(Oc3ccccc3)C(=O)[C@@H]2C=C1. The van der Waals surface area contributed by atoms with Crippen molar-refractivity contribution in [2.75, 3.05) is 6.54 Å². The van der Waals surface area contributed by atoms with Gasteiger partial charge in [0.1, 0.15) is 29.8 Å². The highest BCUT2D eigenvalue weighted by atomic mass is 19.4. The Bertz CT molecular complexity index is 1050. The number of ketones is 1. The zero-order valence-corrected chi connectivity index (χ0v) is 18.5. The van der Waals surface area contributed by atoms with Crippen molar-refractivity contribution < 1.29 is 46.5 Å². The van der Waals surface area contributed by atoms with Gasteiger partial charge in [-0.25, -0.2) is 9.59 Å². The Kier molecular flexibility index (Phi) is 7.04. The van der Waals surface area contributed by atoms with E-state index in [2.05, 4.69) is 5.32 Å². The fourth-order valence-electron chi connectivity index (χ4n) is 3.02. The Hall–Kier alpha value is -3.76. The molecule has 0 spiro atoms. The summed E-state index contributed by atoms with van der Waals surface area (Å²) in [6.07, 6.45) is -3.62. The van der Waals surface area contributed by atoms with Crippen LogP contribution in [0.4, 0.5) is 18.0 Å². The lowest BCUT2D eigenvalue weighted by molar-refractivity contribution is -0.156. The third kappa shape index (κ3) is 6.40. The van der Waals surface area contributed by atoms with E-state index in [1.807, 2.05) is 0 Å². The number of esters is 1. The van der Waals surface area contributed by atoms with Crippen molar-refractivity contribution in [2.24, 2.45) is 5.92 Å². The van der Waals surface area contributed by atoms with Crippen LogP contribution in [-0.2, 0) is 23.8 Å². The molecule has 0 aromatic heterocycles. The lowest BCUT2D eigenvalue weighted by Gasteiger charge is -2.33. The van der Waals surface area contributed by atoms with Crippen LogP contribution in [0, 0.1) is 5.92 Å². The minimum atomic E-state index is -5.01. The second-order valence-corrected chi connectivity index (χ2v) is 8.30. The number of nitrogens with one attached hydrogen (secondary N) is 1. The fraction of sp³-hybridized carbons (Fsp3) is 0.348. The van der Waals surface area contributed by atoms with Gasteiger partial charge in [0.15, 0.2) is 0 Å². The van der Waals surface area contributed by atoms with E-state index in [1.54, 1.807) is 39.0 Å². The smallest absolute Gasteiger partial charge is 0.453 e. The second-order valence-electron chi connectivity index (χ2n) is 8.30. The number of allylic oxidation sites excluding steroid dienone is 3. The number of benzene rings is 1. The fourth-order valence-corrected chi connectivity index (χ4v) is 3.02. The first kappa shape index (κ1) is 24.9. The number of ether oxygens (including phenoxy) is 4. The van der Waals surface area contributed by atoms with E-state index in [-0.39, 0.29) is 11.5 Å². The lowest BCUT2D eigenvalue weighted by Crippen LogP contribution is -2.41. The first-order valence-electron chi connectivity index (χ1n) is 10.2. The Balaban J connectivity index is 1.72. The molecule has 182 valence electrons. The molecule has 0 bridgehead atoms. The number of rotatable bonds is 5. The average Bonchev–Trinajstić information content (AvgIpc) is 2.73. The molecule has 0 saturated heterocycles. The van der Waals surface area contributed by atoms with Gasteiger partial charge in [-0.15, -0.1) is 0 Å². The van der Waals surface area contributed by atoms with Crippen LogP contribution in [0.15, 0.2) is 65.8 Å². The van der Waals surface area contributed by atoms with Gasteiger partial charge in [0.2, 0.25) is 17.3 Å². The summed E-state index contributed by atoms with van der Waals surface area (Å²) in [5, 5.41) is 2.20. The van der Waals surface area contributed by atoms with Crippen LogP contribution in [0.25, 0.3) is 0 Å². The predicted octanol–water partition coefficient (Wildman–Crippen LogP) is 3.95. The molecule has 0 radical (unpaired) electrons. The number of fused-ring (bicyclic) bond motifs is 1. The Labute approximate surface area is 193 Å². The Morgan fingerprint density at radius 3 is 2.41 bits per heavy atom. The summed E-state index contributed by atoms with van der Waals surface area (Å²) < 4.78 is 61.2. The van der Waals surface area contributed by atoms with Gasteiger partial charge in [0.25, 0.3) is 0 Å². The summed E-state index contributed by atoms with van der Waals surface area (Å²) in [4.78, 5) is 36.4. The summed E-state index contributed by atoms with van der Waals surface area (Å²) in [5.74, 6) is -5.59. The zero-order valence-electron chi connectivity index (χ0n) is 18.5. The number of hydrogen-bond donors (Lipinski definition) is 1. The maximum absolute atomic E-state index is 13.6. The highest BCUT2D eigenvalue weighted by Crippen LogP contribution is 2.39. The van der Waals surface area contributed by atoms with Crippen LogP contribution in [0.2, 0.25) is 0 Å². The molecule has 8 nitrogen and oxygen atoms in total. The zero-order chi connectivity index (χ0) is 25.1. The number of alkyl halides is 3. The number of halogens is 3. The van der Waals surface area contributed by atoms with Gasteiger partial charge in [-0.1, -0.05) is 24.3 Å². The molecule has 3 rings (SSSR count). The highest BCUT2D eigenvalue weighted by Gasteiger charge is 2.50. The van der Waals surface area contributed by atoms with E-state index in [4.69, 9.17) is 18.9 Å². The number of carbonyl (C=O) groups excluding carboxylic acids is 3. The van der Waals surface area contributed by atoms with E-state index in [1.165, 1.54) is 24.3 Å². The third-order valence-corrected chi connectivity index (χ3v) is 4.37. The van der Waals surface area contributed by atoms with E-state index >= 15 is 0 Å². The predicted molar refractivity (Wildman–Crippen MR) is 111 cm³/mol. The molecule has 1 heterocycles. The van der Waals surface area contributed by atoms with E-state index < -0.39 is 59.7 Å². The van der Waals surface area contributed by atoms with Crippen molar-refractivity contribution in [3.63, 3.8) is 0 Å². The quantitative estimate of drug-likeness (QED) is 0.636. The number of amides is 1. The molecule has 1 N–H and O–H groups in total. The van der Waals surface area contributed by atoms with Crippen molar-refractivity contribution in [2.45, 2.75) is 38.7 Å². The molecule has 1 aromatic carbocycles. The van der Waals surface area contributed by atoms with E-state index in [0.717, 1.165) is 6.08 Å². The number of para-hydroxylation sites is 1. The van der Waals surface area contributed by atoms with Crippen LogP contribution in [0.5, 0.6) is 5.75 Å². The number of carbonyl (C=O) groups is 3. The van der Waals surface area contributed by atoms with Crippen molar-refractivity contribution in [3.05, 3.63) is 65.8 Å². The summed E-state index contributed by atoms with van der Waals surface area (Å²) in [6, 6.07) is 7.53. The topological polar surface area (TPSA) is 100 Å². The Morgan fingerprint density at radius 1 is 1.12 bits per heavy atom. The van der Waals surface area contributed by atoms with Crippen molar-refractivity contribution in [3.8, 4) is 5.75 Å². The van der Waals surface area contributed by atoms with Crippen LogP contribution < -0.4 is 10.1 Å². The molecule has 0 saturated carbocycles. The van der Waals surface area contributed by atoms with Crippen LogP contribution in [0.3, 0.4) is 0 Å². The number of alkyl carbamates (subject to hydrolysis) is 1. The monoisotopic (exact) mass is 481 g/mol. The lowest BCUT2D eigenvalue weighted by atomic mass is 9.89. The van der Waals surface area contributed by atoms with Crippen LogP contribution in [-0.4, -0.2) is 42.3 Å². The number of hydrogen-bond acceptors (Lipinski definition) is 7. The minimum absolute atomic E-state index is 0.0390. The average molecular weight is 481 g/mol. The molecule has 34 heavy (non-hydrogen) atoms. The van der Waals surface area contributed by atoms with Gasteiger partial charge < -0.3 is 24.3 Å². The molecule has 1 aliphatic heterocycles. The molecule has 1 aromatic rings. The Morgan fingerprint density at radius 2 is 1.79 bits per heavy atom. The minimum Gasteiger partial charge on any atom is -0.477 e. The standard InChI is InChI=1S/C23H22F3NO7/c1-22(2,3)34-21(30)27-12-17(28)31-14-9-10-15-16(11-14)33-20(23(24,25)26)19(18(15)29)32-13-7-5-4-6-8-13/h4-11,15-16H,12H2,1-3H3,(H,27,30)/t15-,16-/m1/s1. The van der Waals surface area contributed by atoms with Crippen molar-refractivity contribution >= 4 is 17.8 Å². The van der Waals surface area contributed by atoms with Gasteiger partial charge in [0, 0.05) is 0 Å². The summed E-state index contributed by atoms with van der Waals surface area (Å²) >= 11 is 0. The van der Waals surface area contributed by atoms with Crippen molar-refractivity contribution in [1.29, 1.82) is 0 Å². The van der Waals surface area contributed by atoms with Gasteiger partial charge in [-0.3, -0.25) is 4.79 Å². The molecule has 0 unspecified atom stereocenters. The van der Waals surface area contributed by atoms with E-state index in [0.29, 0.717) is 0 Å². The van der Waals surface area contributed by atoms with Gasteiger partial charge in [-0.05, 0) is 45.1 Å². The molecule has 2 atom stereocenters. The molecular formula is C23H22F3NO7. The highest BCUT2D eigenvalue weighted by molar-refractivity contribution is 5.99. The maximum Gasteiger partial charge on any atom is 0.453 e. The molecule has 11 heteroatoms. The van der Waals surface area contributed by atoms with E-state index in [9.17, 15) is 27.6 Å². The van der Waals surface area contributed by atoms with Gasteiger partial charge in [0.05, 0.1) is 5.92 Å². The maximum atomic E-state index is 13.6. The molecule has 1 amide bonds. The molecule has 2 aliphatic rings. The first-order chi connectivity index (χ1) is 15.8. The normalized spacial score (nSPS) is 20.1.